The van der Waals surface area contributed by atoms with Gasteiger partial charge in [-0.2, -0.15) is 0 Å². The molecule has 0 atom stereocenters. The number of nitrogens with zero attached hydrogens (tertiary/aromatic N) is 2. The van der Waals surface area contributed by atoms with Crippen molar-refractivity contribution in [1.29, 1.82) is 0 Å². The van der Waals surface area contributed by atoms with Crippen LogP contribution in [0.1, 0.15) is 29.6 Å². The Morgan fingerprint density at radius 2 is 2.10 bits per heavy atom. The Labute approximate surface area is 123 Å². The van der Waals surface area contributed by atoms with Crippen molar-refractivity contribution in [2.24, 2.45) is 11.7 Å². The molecule has 1 amide bonds. The third-order valence-electron chi connectivity index (χ3n) is 3.75. The van der Waals surface area contributed by atoms with Gasteiger partial charge in [0.1, 0.15) is 5.82 Å². The third-order valence-corrected chi connectivity index (χ3v) is 3.75. The van der Waals surface area contributed by atoms with Gasteiger partial charge in [-0.3, -0.25) is 4.79 Å². The molecule has 7 heteroatoms. The van der Waals surface area contributed by atoms with E-state index in [9.17, 15) is 9.59 Å². The van der Waals surface area contributed by atoms with Crippen LogP contribution in [0.5, 0.6) is 0 Å². The van der Waals surface area contributed by atoms with E-state index in [2.05, 4.69) is 9.88 Å². The van der Waals surface area contributed by atoms with Gasteiger partial charge in [-0.25, -0.2) is 9.78 Å². The minimum absolute atomic E-state index is 0.257. The summed E-state index contributed by atoms with van der Waals surface area (Å²) < 4.78 is 4.70. The van der Waals surface area contributed by atoms with Crippen LogP contribution in [0.2, 0.25) is 0 Å². The molecule has 21 heavy (non-hydrogen) atoms. The van der Waals surface area contributed by atoms with Gasteiger partial charge in [-0.05, 0) is 24.8 Å². The fraction of sp³-hybridized carbons (Fsp3) is 0.500. The second kappa shape index (κ2) is 6.43. The number of carbonyl (C=O) groups is 2. The molecule has 4 N–H and O–H groups in total. The van der Waals surface area contributed by atoms with Gasteiger partial charge in [0.25, 0.3) is 0 Å². The molecule has 2 rings (SSSR count). The number of primary amides is 1. The topological polar surface area (TPSA) is 112 Å². The van der Waals surface area contributed by atoms with Crippen molar-refractivity contribution in [1.82, 2.24) is 4.98 Å². The largest absolute Gasteiger partial charge is 0.465 e. The fourth-order valence-corrected chi connectivity index (χ4v) is 2.57. The molecule has 0 radical (unpaired) electrons. The summed E-state index contributed by atoms with van der Waals surface area (Å²) in [4.78, 5) is 28.9. The number of nitrogens with two attached hydrogens (primary N) is 2. The molecule has 114 valence electrons. The van der Waals surface area contributed by atoms with E-state index in [-0.39, 0.29) is 5.91 Å². The molecule has 0 saturated carbocycles. The third kappa shape index (κ3) is 3.62. The van der Waals surface area contributed by atoms with Crippen LogP contribution in [0.4, 0.5) is 11.5 Å². The zero-order valence-electron chi connectivity index (χ0n) is 12.0. The molecule has 0 bridgehead atoms. The van der Waals surface area contributed by atoms with Crippen LogP contribution in [0, 0.1) is 5.92 Å². The van der Waals surface area contributed by atoms with E-state index in [0.717, 1.165) is 25.9 Å². The predicted molar refractivity (Wildman–Crippen MR) is 78.7 cm³/mol. The van der Waals surface area contributed by atoms with Crippen LogP contribution < -0.4 is 16.4 Å². The van der Waals surface area contributed by atoms with Gasteiger partial charge in [-0.1, -0.05) is 0 Å². The molecule has 1 aliphatic heterocycles. The van der Waals surface area contributed by atoms with Gasteiger partial charge in [0.2, 0.25) is 5.91 Å². The number of nitrogen functional groups attached to an aromatic ring is 1. The Balaban J connectivity index is 2.07. The normalized spacial score (nSPS) is 15.8. The number of ether oxygens (including phenoxy) is 1. The van der Waals surface area contributed by atoms with Crippen molar-refractivity contribution in [3.63, 3.8) is 0 Å². The lowest BCUT2D eigenvalue weighted by Gasteiger charge is -2.32. The summed E-state index contributed by atoms with van der Waals surface area (Å²) in [5.41, 5.74) is 11.6. The molecular weight excluding hydrogens is 272 g/mol. The van der Waals surface area contributed by atoms with Crippen molar-refractivity contribution < 1.29 is 14.3 Å². The second-order valence-corrected chi connectivity index (χ2v) is 5.22. The number of esters is 1. The number of amides is 1. The summed E-state index contributed by atoms with van der Waals surface area (Å²) in [5, 5.41) is 0. The number of aromatic nitrogens is 1. The summed E-state index contributed by atoms with van der Waals surface area (Å²) in [6.45, 7) is 1.55. The number of hydrogen-bond donors (Lipinski definition) is 2. The van der Waals surface area contributed by atoms with Crippen LogP contribution in [0.25, 0.3) is 0 Å². The number of piperidine rings is 1. The molecule has 1 aromatic rings. The maximum absolute atomic E-state index is 11.6. The van der Waals surface area contributed by atoms with Crippen LogP contribution >= 0.6 is 0 Å². The van der Waals surface area contributed by atoms with Gasteiger partial charge in [-0.15, -0.1) is 0 Å². The summed E-state index contributed by atoms with van der Waals surface area (Å²) in [5.74, 6) is 0.293. The number of anilines is 2. The number of carbonyl (C=O) groups excluding carboxylic acids is 2. The second-order valence-electron chi connectivity index (χ2n) is 5.22. The lowest BCUT2D eigenvalue weighted by molar-refractivity contribution is -0.119. The Hall–Kier alpha value is -2.31. The summed E-state index contributed by atoms with van der Waals surface area (Å²) in [7, 11) is 1.32. The van der Waals surface area contributed by atoms with E-state index in [4.69, 9.17) is 16.2 Å². The van der Waals surface area contributed by atoms with Crippen molar-refractivity contribution in [3.05, 3.63) is 17.8 Å². The van der Waals surface area contributed by atoms with Crippen molar-refractivity contribution in [2.45, 2.75) is 19.3 Å². The quantitative estimate of drug-likeness (QED) is 0.783. The minimum atomic E-state index is -0.472. The van der Waals surface area contributed by atoms with Gasteiger partial charge in [0.05, 0.1) is 24.6 Å². The van der Waals surface area contributed by atoms with E-state index in [0.29, 0.717) is 29.4 Å². The smallest absolute Gasteiger partial charge is 0.340 e. The molecule has 2 heterocycles. The van der Waals surface area contributed by atoms with Crippen molar-refractivity contribution in [3.8, 4) is 0 Å². The van der Waals surface area contributed by atoms with Gasteiger partial charge in [0.15, 0.2) is 0 Å². The van der Waals surface area contributed by atoms with Crippen LogP contribution in [0.3, 0.4) is 0 Å². The fourth-order valence-electron chi connectivity index (χ4n) is 2.57. The van der Waals surface area contributed by atoms with E-state index in [1.807, 2.05) is 0 Å². The minimum Gasteiger partial charge on any atom is -0.465 e. The highest BCUT2D eigenvalue weighted by Crippen LogP contribution is 2.25. The Morgan fingerprint density at radius 3 is 2.67 bits per heavy atom. The maximum Gasteiger partial charge on any atom is 0.340 e. The maximum atomic E-state index is 11.6. The van der Waals surface area contributed by atoms with Crippen molar-refractivity contribution >= 4 is 23.4 Å². The molecule has 1 aromatic heterocycles. The number of rotatable bonds is 4. The molecule has 0 spiro atoms. The first-order valence-corrected chi connectivity index (χ1v) is 6.88. The van der Waals surface area contributed by atoms with Gasteiger partial charge in [0, 0.05) is 19.5 Å². The molecule has 7 nitrogen and oxygen atoms in total. The number of methoxy groups -OCH3 is 1. The lowest BCUT2D eigenvalue weighted by Crippen LogP contribution is -2.35. The van der Waals surface area contributed by atoms with E-state index in [1.54, 1.807) is 6.07 Å². The summed E-state index contributed by atoms with van der Waals surface area (Å²) in [6.07, 6.45) is 3.65. The van der Waals surface area contributed by atoms with E-state index < -0.39 is 5.97 Å². The van der Waals surface area contributed by atoms with Crippen LogP contribution in [-0.4, -0.2) is 37.1 Å². The first kappa shape index (κ1) is 15.1. The zero-order chi connectivity index (χ0) is 15.4. The molecule has 1 aliphatic rings. The summed E-state index contributed by atoms with van der Waals surface area (Å²) >= 11 is 0. The van der Waals surface area contributed by atoms with Crippen LogP contribution in [-0.2, 0) is 9.53 Å². The van der Waals surface area contributed by atoms with Gasteiger partial charge < -0.3 is 21.1 Å². The first-order valence-electron chi connectivity index (χ1n) is 6.88. The average molecular weight is 292 g/mol. The van der Waals surface area contributed by atoms with E-state index in [1.165, 1.54) is 13.3 Å². The highest BCUT2D eigenvalue weighted by atomic mass is 16.5. The zero-order valence-corrected chi connectivity index (χ0v) is 12.0. The number of hydrogen-bond acceptors (Lipinski definition) is 6. The molecule has 1 fully saturated rings. The Morgan fingerprint density at radius 1 is 1.43 bits per heavy atom. The average Bonchev–Trinajstić information content (AvgIpc) is 2.47. The molecule has 1 saturated heterocycles. The first-order chi connectivity index (χ1) is 10.0. The summed E-state index contributed by atoms with van der Waals surface area (Å²) in [6, 6.07) is 1.65. The molecule has 0 unspecified atom stereocenters. The monoisotopic (exact) mass is 292 g/mol. The Bertz CT molecular complexity index is 539. The number of pyridine rings is 1. The van der Waals surface area contributed by atoms with E-state index >= 15 is 0 Å². The molecular formula is C14H20N4O3. The molecule has 0 aliphatic carbocycles. The highest BCUT2D eigenvalue weighted by Gasteiger charge is 2.22. The lowest BCUT2D eigenvalue weighted by atomic mass is 9.93. The predicted octanol–water partition coefficient (Wildman–Crippen LogP) is 0.542. The Kier molecular flexibility index (Phi) is 4.62. The van der Waals surface area contributed by atoms with Gasteiger partial charge >= 0.3 is 5.97 Å². The highest BCUT2D eigenvalue weighted by molar-refractivity contribution is 5.95. The standard InChI is InChI=1S/C14H20N4O3/c1-21-14(20)10-7-13(17-8-11(10)15)18-4-2-9(3-5-18)6-12(16)19/h7-9H,2-6,15H2,1H3,(H2,16,19). The van der Waals surface area contributed by atoms with Crippen LogP contribution in [0.15, 0.2) is 12.3 Å². The SMILES string of the molecule is COC(=O)c1cc(N2CCC(CC(N)=O)CC2)ncc1N. The van der Waals surface area contributed by atoms with Crippen molar-refractivity contribution in [2.75, 3.05) is 30.8 Å². The molecule has 0 aromatic carbocycles.